The van der Waals surface area contributed by atoms with Gasteiger partial charge < -0.3 is 5.11 Å². The summed E-state index contributed by atoms with van der Waals surface area (Å²) in [4.78, 5) is 26.1. The quantitative estimate of drug-likeness (QED) is 0.715. The number of nitrogens with zero attached hydrogens (tertiary/aromatic N) is 3. The molecule has 2 heterocycles. The Morgan fingerprint density at radius 1 is 1.22 bits per heavy atom. The average Bonchev–Trinajstić information content (AvgIpc) is 3.03. The molecule has 1 atom stereocenters. The molecule has 10 heteroatoms. The number of likely N-dealkylation sites (tertiary alicyclic amines) is 1. The minimum Gasteiger partial charge on any atom is -0.478 e. The smallest absolute Gasteiger partial charge is 0.419 e. The number of carbonyl (C=O) groups excluding carboxylic acids is 1. The van der Waals surface area contributed by atoms with Crippen LogP contribution >= 0.6 is 0 Å². The largest absolute Gasteiger partial charge is 0.478 e. The fourth-order valence-electron chi connectivity index (χ4n) is 4.08. The number of amides is 1. The van der Waals surface area contributed by atoms with Crippen molar-refractivity contribution in [2.45, 2.75) is 26.1 Å². The Morgan fingerprint density at radius 3 is 2.62 bits per heavy atom. The number of hydrogen-bond donors (Lipinski definition) is 1. The molecular formula is C22H19F4N3O3. The lowest BCUT2D eigenvalue weighted by atomic mass is 9.95. The molecule has 1 amide bonds. The van der Waals surface area contributed by atoms with E-state index in [1.807, 2.05) is 4.90 Å². The highest BCUT2D eigenvalue weighted by molar-refractivity contribution is 6.16. The van der Waals surface area contributed by atoms with Crippen LogP contribution in [0.4, 0.5) is 23.2 Å². The zero-order valence-electron chi connectivity index (χ0n) is 17.0. The molecule has 2 aromatic rings. The van der Waals surface area contributed by atoms with Gasteiger partial charge in [-0.25, -0.2) is 14.2 Å². The number of alkyl halides is 3. The number of anilines is 1. The summed E-state index contributed by atoms with van der Waals surface area (Å²) in [5.41, 5.74) is 0.761. The number of hydrazone groups is 1. The van der Waals surface area contributed by atoms with Gasteiger partial charge in [0, 0.05) is 26.1 Å². The van der Waals surface area contributed by atoms with Crippen molar-refractivity contribution in [3.63, 3.8) is 0 Å². The van der Waals surface area contributed by atoms with Crippen molar-refractivity contribution in [1.82, 2.24) is 4.90 Å². The van der Waals surface area contributed by atoms with Crippen LogP contribution in [0.1, 0.15) is 33.5 Å². The van der Waals surface area contributed by atoms with Crippen molar-refractivity contribution in [3.05, 3.63) is 64.5 Å². The first-order chi connectivity index (χ1) is 15.0. The molecule has 0 aromatic heterocycles. The zero-order valence-corrected chi connectivity index (χ0v) is 17.0. The number of benzene rings is 2. The molecule has 0 radical (unpaired) electrons. The van der Waals surface area contributed by atoms with Gasteiger partial charge in [0.1, 0.15) is 5.82 Å². The maximum Gasteiger partial charge on any atom is 0.419 e. The molecule has 2 aliphatic rings. The predicted molar refractivity (Wildman–Crippen MR) is 108 cm³/mol. The van der Waals surface area contributed by atoms with Gasteiger partial charge >= 0.3 is 12.1 Å². The van der Waals surface area contributed by atoms with Crippen LogP contribution in [-0.4, -0.2) is 40.7 Å². The van der Waals surface area contributed by atoms with E-state index in [4.69, 9.17) is 5.11 Å². The first-order valence-electron chi connectivity index (χ1n) is 9.88. The number of aromatic carboxylic acids is 1. The number of carbonyl (C=O) groups is 2. The molecule has 0 aliphatic carbocycles. The summed E-state index contributed by atoms with van der Waals surface area (Å²) in [6, 6.07) is 7.43. The van der Waals surface area contributed by atoms with Gasteiger partial charge in [-0.1, -0.05) is 12.1 Å². The zero-order chi connectivity index (χ0) is 23.2. The van der Waals surface area contributed by atoms with Crippen molar-refractivity contribution in [2.24, 2.45) is 11.0 Å². The highest BCUT2D eigenvalue weighted by Gasteiger charge is 2.41. The molecule has 4 rings (SSSR count). The summed E-state index contributed by atoms with van der Waals surface area (Å²) >= 11 is 0. The Morgan fingerprint density at radius 2 is 1.97 bits per heavy atom. The van der Waals surface area contributed by atoms with Gasteiger partial charge in [-0.3, -0.25) is 9.69 Å². The second kappa shape index (κ2) is 8.01. The number of fused-ring (bicyclic) bond motifs is 1. The standard InChI is InChI=1S/C22H19F4N3O3/c1-12-8-13(2-4-15(12)21(31)32)10-28-7-6-19-16(11-28)20(30)29(27-19)14-3-5-18(23)17(9-14)22(24,25)26/h2-5,8-9,16H,6-7,10-11H2,1H3,(H,31,32). The van der Waals surface area contributed by atoms with Gasteiger partial charge in [0.15, 0.2) is 0 Å². The first kappa shape index (κ1) is 21.9. The predicted octanol–water partition coefficient (Wildman–Crippen LogP) is 4.08. The Bertz CT molecular complexity index is 1130. The monoisotopic (exact) mass is 449 g/mol. The van der Waals surface area contributed by atoms with E-state index in [0.717, 1.165) is 16.6 Å². The van der Waals surface area contributed by atoms with E-state index in [1.165, 1.54) is 0 Å². The molecule has 0 spiro atoms. The normalized spacial score (nSPS) is 19.2. The third-order valence-electron chi connectivity index (χ3n) is 5.69. The highest BCUT2D eigenvalue weighted by atomic mass is 19.4. The maximum atomic E-state index is 13.6. The summed E-state index contributed by atoms with van der Waals surface area (Å²) in [6.07, 6.45) is -4.42. The lowest BCUT2D eigenvalue weighted by molar-refractivity contribution is -0.140. The lowest BCUT2D eigenvalue weighted by Crippen LogP contribution is -2.43. The number of hydrogen-bond acceptors (Lipinski definition) is 4. The molecule has 0 saturated carbocycles. The van der Waals surface area contributed by atoms with Crippen LogP contribution in [-0.2, 0) is 17.5 Å². The van der Waals surface area contributed by atoms with Crippen molar-refractivity contribution in [1.29, 1.82) is 0 Å². The van der Waals surface area contributed by atoms with Crippen LogP contribution < -0.4 is 5.01 Å². The topological polar surface area (TPSA) is 73.2 Å². The Labute approximate surface area is 180 Å². The van der Waals surface area contributed by atoms with Crippen LogP contribution in [0, 0.1) is 18.7 Å². The molecule has 2 aromatic carbocycles. The summed E-state index contributed by atoms with van der Waals surface area (Å²) in [7, 11) is 0. The first-order valence-corrected chi connectivity index (χ1v) is 9.88. The summed E-state index contributed by atoms with van der Waals surface area (Å²) < 4.78 is 52.7. The van der Waals surface area contributed by atoms with Gasteiger partial charge in [0.05, 0.1) is 28.4 Å². The second-order valence-corrected chi connectivity index (χ2v) is 7.90. The summed E-state index contributed by atoms with van der Waals surface area (Å²) in [5, 5.41) is 14.3. The number of piperidine rings is 1. The van der Waals surface area contributed by atoms with Crippen LogP contribution in [0.2, 0.25) is 0 Å². The maximum absolute atomic E-state index is 13.6. The molecule has 1 unspecified atom stereocenters. The van der Waals surface area contributed by atoms with Crippen molar-refractivity contribution >= 4 is 23.3 Å². The fraction of sp³-hybridized carbons (Fsp3) is 0.318. The number of halogens is 4. The number of rotatable bonds is 4. The average molecular weight is 449 g/mol. The molecule has 6 nitrogen and oxygen atoms in total. The Hall–Kier alpha value is -3.27. The fourth-order valence-corrected chi connectivity index (χ4v) is 4.08. The van der Waals surface area contributed by atoms with E-state index >= 15 is 0 Å². The molecule has 2 aliphatic heterocycles. The van der Waals surface area contributed by atoms with Crippen LogP contribution in [0.5, 0.6) is 0 Å². The minimum absolute atomic E-state index is 0.128. The van der Waals surface area contributed by atoms with Crippen LogP contribution in [0.15, 0.2) is 41.5 Å². The highest BCUT2D eigenvalue weighted by Crippen LogP contribution is 2.36. The van der Waals surface area contributed by atoms with Gasteiger partial charge in [-0.2, -0.15) is 18.3 Å². The van der Waals surface area contributed by atoms with Gasteiger partial charge in [0.25, 0.3) is 5.91 Å². The molecule has 32 heavy (non-hydrogen) atoms. The number of carboxylic acids is 1. The third-order valence-corrected chi connectivity index (χ3v) is 5.69. The summed E-state index contributed by atoms with van der Waals surface area (Å²) in [5.74, 6) is -3.46. The molecule has 0 bridgehead atoms. The van der Waals surface area contributed by atoms with Crippen LogP contribution in [0.25, 0.3) is 0 Å². The molecule has 1 N–H and O–H groups in total. The van der Waals surface area contributed by atoms with Gasteiger partial charge in [-0.05, 0) is 42.3 Å². The van der Waals surface area contributed by atoms with E-state index in [0.29, 0.717) is 49.5 Å². The van der Waals surface area contributed by atoms with Crippen molar-refractivity contribution < 1.29 is 32.3 Å². The van der Waals surface area contributed by atoms with E-state index < -0.39 is 35.4 Å². The SMILES string of the molecule is Cc1cc(CN2CCC3=NN(c4ccc(F)c(C(F)(F)F)c4)C(=O)C3C2)ccc1C(=O)O. The number of carboxylic acid groups (broad SMARTS) is 1. The van der Waals surface area contributed by atoms with Crippen molar-refractivity contribution in [2.75, 3.05) is 18.1 Å². The van der Waals surface area contributed by atoms with E-state index in [-0.39, 0.29) is 11.3 Å². The minimum atomic E-state index is -4.88. The molecule has 1 fully saturated rings. The molecule has 168 valence electrons. The van der Waals surface area contributed by atoms with Crippen LogP contribution in [0.3, 0.4) is 0 Å². The third kappa shape index (κ3) is 4.10. The lowest BCUT2D eigenvalue weighted by Gasteiger charge is -2.30. The second-order valence-electron chi connectivity index (χ2n) is 7.90. The van der Waals surface area contributed by atoms with E-state index in [1.54, 1.807) is 25.1 Å². The summed E-state index contributed by atoms with van der Waals surface area (Å²) in [6.45, 7) is 3.13. The number of aryl methyl sites for hydroxylation is 1. The Kier molecular flexibility index (Phi) is 5.49. The molecule has 1 saturated heterocycles. The van der Waals surface area contributed by atoms with Gasteiger partial charge in [-0.15, -0.1) is 0 Å². The van der Waals surface area contributed by atoms with E-state index in [9.17, 15) is 27.2 Å². The van der Waals surface area contributed by atoms with Crippen molar-refractivity contribution in [3.8, 4) is 0 Å². The van der Waals surface area contributed by atoms with Gasteiger partial charge in [0.2, 0.25) is 0 Å². The van der Waals surface area contributed by atoms with E-state index in [2.05, 4.69) is 5.10 Å². The molecular weight excluding hydrogens is 430 g/mol. The Balaban J connectivity index is 1.50.